The zero-order valence-corrected chi connectivity index (χ0v) is 16.6. The molecule has 0 saturated carbocycles. The Kier molecular flexibility index (Phi) is 6.72. The Morgan fingerprint density at radius 1 is 1.32 bits per heavy atom. The number of carbonyl (C=O) groups is 1. The molecule has 1 aromatic rings. The average molecular weight is 368 g/mol. The van der Waals surface area contributed by atoms with E-state index in [-0.39, 0.29) is 23.8 Å². The van der Waals surface area contributed by atoms with Crippen molar-refractivity contribution in [3.05, 3.63) is 34.9 Å². The van der Waals surface area contributed by atoms with Gasteiger partial charge >= 0.3 is 6.03 Å². The monoisotopic (exact) mass is 367 g/mol. The lowest BCUT2D eigenvalue weighted by Crippen LogP contribution is -2.59. The molecule has 1 saturated heterocycles. The number of nitrogens with zero attached hydrogens (tertiary/aromatic N) is 2. The molecule has 1 heterocycles. The smallest absolute Gasteiger partial charge is 0.317 e. The molecule has 140 valence electrons. The van der Waals surface area contributed by atoms with E-state index in [4.69, 9.17) is 16.3 Å². The minimum Gasteiger partial charge on any atom is -0.373 e. The van der Waals surface area contributed by atoms with Crippen LogP contribution in [-0.4, -0.2) is 60.3 Å². The van der Waals surface area contributed by atoms with Gasteiger partial charge in [-0.15, -0.1) is 0 Å². The number of hydrogen-bond acceptors (Lipinski definition) is 3. The van der Waals surface area contributed by atoms with Gasteiger partial charge in [0.15, 0.2) is 0 Å². The van der Waals surface area contributed by atoms with Crippen molar-refractivity contribution in [2.45, 2.75) is 52.0 Å². The molecular formula is C19H30ClN3O2. The summed E-state index contributed by atoms with van der Waals surface area (Å²) in [6.45, 7) is 11.3. The van der Waals surface area contributed by atoms with Gasteiger partial charge in [0.1, 0.15) is 0 Å². The van der Waals surface area contributed by atoms with Crippen LogP contribution in [0.4, 0.5) is 4.79 Å². The maximum atomic E-state index is 12.4. The van der Waals surface area contributed by atoms with Gasteiger partial charge in [0.2, 0.25) is 0 Å². The van der Waals surface area contributed by atoms with E-state index >= 15 is 0 Å². The molecule has 0 bridgehead atoms. The zero-order valence-electron chi connectivity index (χ0n) is 15.9. The maximum Gasteiger partial charge on any atom is 0.317 e. The average Bonchev–Trinajstić information content (AvgIpc) is 2.54. The molecule has 6 heteroatoms. The lowest BCUT2D eigenvalue weighted by Gasteiger charge is -2.45. The minimum atomic E-state index is -0.132. The number of urea groups is 1. The molecule has 0 aliphatic carbocycles. The standard InChI is InChI=1S/C19H30ClN3O2/c1-14-10-23(11-15(2)25-14)19(3,4)13-21-18(24)22(5)12-16-8-6-7-9-17(16)20/h6-9,14-15H,10-13H2,1-5H3,(H,21,24). The van der Waals surface area contributed by atoms with Gasteiger partial charge in [-0.25, -0.2) is 4.79 Å². The summed E-state index contributed by atoms with van der Waals surface area (Å²) < 4.78 is 5.80. The second-order valence-electron chi connectivity index (χ2n) is 7.58. The van der Waals surface area contributed by atoms with E-state index in [0.29, 0.717) is 18.1 Å². The molecular weight excluding hydrogens is 338 g/mol. The summed E-state index contributed by atoms with van der Waals surface area (Å²) >= 11 is 6.17. The number of ether oxygens (including phenoxy) is 1. The number of halogens is 1. The highest BCUT2D eigenvalue weighted by atomic mass is 35.5. The maximum absolute atomic E-state index is 12.4. The molecule has 2 unspecified atom stereocenters. The van der Waals surface area contributed by atoms with E-state index in [9.17, 15) is 4.79 Å². The lowest BCUT2D eigenvalue weighted by atomic mass is 10.00. The third-order valence-corrected chi connectivity index (χ3v) is 5.03. The van der Waals surface area contributed by atoms with Crippen molar-refractivity contribution < 1.29 is 9.53 Å². The fourth-order valence-electron chi connectivity index (χ4n) is 3.16. The third kappa shape index (κ3) is 5.59. The van der Waals surface area contributed by atoms with Gasteiger partial charge in [-0.1, -0.05) is 29.8 Å². The molecule has 0 radical (unpaired) electrons. The Labute approximate surface area is 156 Å². The van der Waals surface area contributed by atoms with Crippen molar-refractivity contribution in [3.63, 3.8) is 0 Å². The van der Waals surface area contributed by atoms with Crippen LogP contribution < -0.4 is 5.32 Å². The lowest BCUT2D eigenvalue weighted by molar-refractivity contribution is -0.0948. The van der Waals surface area contributed by atoms with Crippen LogP contribution in [0.25, 0.3) is 0 Å². The zero-order chi connectivity index (χ0) is 18.6. The van der Waals surface area contributed by atoms with E-state index in [1.165, 1.54) is 0 Å². The van der Waals surface area contributed by atoms with Crippen LogP contribution in [0, 0.1) is 0 Å². The Hall–Kier alpha value is -1.30. The molecule has 1 aromatic carbocycles. The first-order chi connectivity index (χ1) is 11.7. The number of rotatable bonds is 5. The summed E-state index contributed by atoms with van der Waals surface area (Å²) in [5, 5.41) is 3.73. The highest BCUT2D eigenvalue weighted by Crippen LogP contribution is 2.21. The number of benzene rings is 1. The normalized spacial score (nSPS) is 21.8. The van der Waals surface area contributed by atoms with Crippen molar-refractivity contribution in [3.8, 4) is 0 Å². The summed E-state index contributed by atoms with van der Waals surface area (Å²) in [5.41, 5.74) is 0.810. The molecule has 0 spiro atoms. The van der Waals surface area contributed by atoms with Crippen LogP contribution in [-0.2, 0) is 11.3 Å². The number of hydrogen-bond donors (Lipinski definition) is 1. The van der Waals surface area contributed by atoms with Crippen LogP contribution in [0.2, 0.25) is 5.02 Å². The first kappa shape index (κ1) is 20.0. The minimum absolute atomic E-state index is 0.0950. The first-order valence-electron chi connectivity index (χ1n) is 8.82. The third-order valence-electron chi connectivity index (χ3n) is 4.66. The molecule has 5 nitrogen and oxygen atoms in total. The van der Waals surface area contributed by atoms with Crippen molar-refractivity contribution in [2.75, 3.05) is 26.7 Å². The first-order valence-corrected chi connectivity index (χ1v) is 9.19. The second-order valence-corrected chi connectivity index (χ2v) is 7.99. The number of morpholine rings is 1. The van der Waals surface area contributed by atoms with Crippen LogP contribution in [0.1, 0.15) is 33.3 Å². The Morgan fingerprint density at radius 3 is 2.52 bits per heavy atom. The van der Waals surface area contributed by atoms with Crippen LogP contribution in [0.15, 0.2) is 24.3 Å². The highest BCUT2D eigenvalue weighted by Gasteiger charge is 2.33. The molecule has 0 aromatic heterocycles. The van der Waals surface area contributed by atoms with E-state index in [1.807, 2.05) is 24.3 Å². The molecule has 25 heavy (non-hydrogen) atoms. The topological polar surface area (TPSA) is 44.8 Å². The van der Waals surface area contributed by atoms with E-state index in [0.717, 1.165) is 18.7 Å². The van der Waals surface area contributed by atoms with Gasteiger partial charge in [0, 0.05) is 43.8 Å². The Morgan fingerprint density at radius 2 is 1.92 bits per heavy atom. The molecule has 2 amide bonds. The highest BCUT2D eigenvalue weighted by molar-refractivity contribution is 6.31. The van der Waals surface area contributed by atoms with Gasteiger partial charge in [0.05, 0.1) is 12.2 Å². The van der Waals surface area contributed by atoms with Crippen molar-refractivity contribution in [2.24, 2.45) is 0 Å². The fraction of sp³-hybridized carbons (Fsp3) is 0.632. The van der Waals surface area contributed by atoms with Gasteiger partial charge in [-0.3, -0.25) is 4.90 Å². The van der Waals surface area contributed by atoms with Gasteiger partial charge < -0.3 is 15.0 Å². The fourth-order valence-corrected chi connectivity index (χ4v) is 3.36. The van der Waals surface area contributed by atoms with E-state index in [2.05, 4.69) is 37.9 Å². The van der Waals surface area contributed by atoms with E-state index in [1.54, 1.807) is 11.9 Å². The molecule has 2 atom stereocenters. The second kappa shape index (κ2) is 8.39. The number of nitrogens with one attached hydrogen (secondary N) is 1. The van der Waals surface area contributed by atoms with Crippen LogP contribution in [0.3, 0.4) is 0 Å². The Balaban J connectivity index is 1.88. The molecule has 1 aliphatic rings. The van der Waals surface area contributed by atoms with Gasteiger partial charge in [0.25, 0.3) is 0 Å². The van der Waals surface area contributed by atoms with Crippen molar-refractivity contribution in [1.29, 1.82) is 0 Å². The summed E-state index contributed by atoms with van der Waals surface area (Å²) in [4.78, 5) is 16.5. The summed E-state index contributed by atoms with van der Waals surface area (Å²) in [6, 6.07) is 7.50. The molecule has 1 fully saturated rings. The quantitative estimate of drug-likeness (QED) is 0.867. The van der Waals surface area contributed by atoms with Gasteiger partial charge in [-0.2, -0.15) is 0 Å². The van der Waals surface area contributed by atoms with Crippen molar-refractivity contribution in [1.82, 2.24) is 15.1 Å². The predicted molar refractivity (Wildman–Crippen MR) is 102 cm³/mol. The molecule has 1 aliphatic heterocycles. The molecule has 1 N–H and O–H groups in total. The summed E-state index contributed by atoms with van der Waals surface area (Å²) in [6.07, 6.45) is 0.420. The van der Waals surface area contributed by atoms with Crippen molar-refractivity contribution >= 4 is 17.6 Å². The molecule has 2 rings (SSSR count). The summed E-state index contributed by atoms with van der Waals surface area (Å²) in [5.74, 6) is 0. The van der Waals surface area contributed by atoms with Crippen LogP contribution >= 0.6 is 11.6 Å². The largest absolute Gasteiger partial charge is 0.373 e. The van der Waals surface area contributed by atoms with Gasteiger partial charge in [-0.05, 0) is 39.3 Å². The Bertz CT molecular complexity index is 584. The summed E-state index contributed by atoms with van der Waals surface area (Å²) in [7, 11) is 1.78. The van der Waals surface area contributed by atoms with Crippen LogP contribution in [0.5, 0.6) is 0 Å². The van der Waals surface area contributed by atoms with E-state index < -0.39 is 0 Å². The number of carbonyl (C=O) groups excluding carboxylic acids is 1. The SMILES string of the molecule is CC1CN(C(C)(C)CNC(=O)N(C)Cc2ccccc2Cl)CC(C)O1. The number of amides is 2. The predicted octanol–water partition coefficient (Wildman–Crippen LogP) is 3.37.